The van der Waals surface area contributed by atoms with Crippen molar-refractivity contribution in [2.75, 3.05) is 0 Å². The normalized spacial score (nSPS) is 11.7. The lowest BCUT2D eigenvalue weighted by Gasteiger charge is -2.15. The molecule has 21 heavy (non-hydrogen) atoms. The highest BCUT2D eigenvalue weighted by Crippen LogP contribution is 2.29. The van der Waals surface area contributed by atoms with Gasteiger partial charge in [0.05, 0.1) is 5.69 Å². The van der Waals surface area contributed by atoms with Gasteiger partial charge in [0.2, 0.25) is 0 Å². The third kappa shape index (κ3) is 4.05. The van der Waals surface area contributed by atoms with Gasteiger partial charge in [0.25, 0.3) is 0 Å². The summed E-state index contributed by atoms with van der Waals surface area (Å²) in [6, 6.07) is 4.04. The molecule has 0 saturated carbocycles. The second-order valence-corrected chi connectivity index (χ2v) is 7.94. The molecule has 0 amide bonds. The van der Waals surface area contributed by atoms with Crippen LogP contribution in [0.15, 0.2) is 22.0 Å². The van der Waals surface area contributed by atoms with Crippen LogP contribution >= 0.6 is 27.3 Å². The number of hydrogen-bond acceptors (Lipinski definition) is 4. The summed E-state index contributed by atoms with van der Waals surface area (Å²) in [5.41, 5.74) is 9.08. The zero-order valence-electron chi connectivity index (χ0n) is 12.9. The molecule has 0 aliphatic carbocycles. The van der Waals surface area contributed by atoms with Crippen LogP contribution in [0.4, 0.5) is 0 Å². The summed E-state index contributed by atoms with van der Waals surface area (Å²) >= 11 is 5.13. The Labute approximate surface area is 138 Å². The first-order valence-electron chi connectivity index (χ1n) is 6.88. The van der Waals surface area contributed by atoms with E-state index in [0.29, 0.717) is 13.2 Å². The van der Waals surface area contributed by atoms with Gasteiger partial charge in [0, 0.05) is 27.4 Å². The van der Waals surface area contributed by atoms with Gasteiger partial charge in [-0.2, -0.15) is 0 Å². The Balaban J connectivity index is 2.15. The van der Waals surface area contributed by atoms with E-state index in [4.69, 9.17) is 10.5 Å². The molecule has 0 spiro atoms. The Morgan fingerprint density at radius 3 is 2.62 bits per heavy atom. The summed E-state index contributed by atoms with van der Waals surface area (Å²) < 4.78 is 7.00. The van der Waals surface area contributed by atoms with E-state index in [1.165, 1.54) is 0 Å². The fraction of sp³-hybridized carbons (Fsp3) is 0.438. The zero-order chi connectivity index (χ0) is 15.6. The van der Waals surface area contributed by atoms with E-state index in [-0.39, 0.29) is 5.41 Å². The Kier molecular flexibility index (Phi) is 5.07. The number of aryl methyl sites for hydroxylation is 1. The van der Waals surface area contributed by atoms with Crippen LogP contribution in [-0.2, 0) is 18.6 Å². The van der Waals surface area contributed by atoms with Crippen molar-refractivity contribution in [3.63, 3.8) is 0 Å². The molecular weight excluding hydrogens is 348 g/mol. The predicted octanol–water partition coefficient (Wildman–Crippen LogP) is 4.55. The molecule has 2 N–H and O–H groups in total. The first-order chi connectivity index (χ1) is 9.81. The molecule has 0 radical (unpaired) electrons. The summed E-state index contributed by atoms with van der Waals surface area (Å²) in [5, 5.41) is 3.10. The topological polar surface area (TPSA) is 48.1 Å². The molecule has 5 heteroatoms. The summed E-state index contributed by atoms with van der Waals surface area (Å²) in [5.74, 6) is 0.869. The maximum atomic E-state index is 5.97. The highest BCUT2D eigenvalue weighted by Gasteiger charge is 2.18. The summed E-state index contributed by atoms with van der Waals surface area (Å²) in [4.78, 5) is 4.65. The van der Waals surface area contributed by atoms with Crippen molar-refractivity contribution < 1.29 is 4.74 Å². The molecule has 1 heterocycles. The lowest BCUT2D eigenvalue weighted by molar-refractivity contribution is 0.299. The van der Waals surface area contributed by atoms with E-state index >= 15 is 0 Å². The largest absolute Gasteiger partial charge is 0.486 e. The lowest BCUT2D eigenvalue weighted by atomic mass is 9.93. The molecule has 1 aromatic carbocycles. The van der Waals surface area contributed by atoms with Crippen LogP contribution in [0.25, 0.3) is 0 Å². The molecule has 2 rings (SSSR count). The average molecular weight is 369 g/mol. The van der Waals surface area contributed by atoms with Gasteiger partial charge in [0.15, 0.2) is 0 Å². The lowest BCUT2D eigenvalue weighted by Crippen LogP contribution is -2.12. The molecule has 0 saturated heterocycles. The van der Waals surface area contributed by atoms with Gasteiger partial charge in [-0.1, -0.05) is 36.7 Å². The fourth-order valence-electron chi connectivity index (χ4n) is 2.01. The van der Waals surface area contributed by atoms with Gasteiger partial charge >= 0.3 is 0 Å². The van der Waals surface area contributed by atoms with E-state index in [2.05, 4.69) is 47.1 Å². The van der Waals surface area contributed by atoms with Crippen LogP contribution in [0.5, 0.6) is 5.75 Å². The number of nitrogens with zero attached hydrogens (tertiary/aromatic N) is 1. The van der Waals surface area contributed by atoms with Crippen molar-refractivity contribution >= 4 is 27.3 Å². The molecule has 1 aromatic heterocycles. The summed E-state index contributed by atoms with van der Waals surface area (Å²) in [6.07, 6.45) is 0. The van der Waals surface area contributed by atoms with Crippen molar-refractivity contribution in [2.24, 2.45) is 5.73 Å². The standard InChI is InChI=1S/C16H21BrN2OS/c1-10-5-12(17)6-11(7-18)15(10)20-8-14-19-13(9-21-14)16(2,3)4/h5-6,9H,7-8,18H2,1-4H3. The van der Waals surface area contributed by atoms with Crippen molar-refractivity contribution in [3.05, 3.63) is 43.8 Å². The summed E-state index contributed by atoms with van der Waals surface area (Å²) in [6.45, 7) is 9.47. The highest BCUT2D eigenvalue weighted by atomic mass is 79.9. The molecule has 0 atom stereocenters. The number of aromatic nitrogens is 1. The van der Waals surface area contributed by atoms with Gasteiger partial charge in [-0.3, -0.25) is 0 Å². The first-order valence-corrected chi connectivity index (χ1v) is 8.55. The van der Waals surface area contributed by atoms with Crippen LogP contribution in [0, 0.1) is 6.92 Å². The number of hydrogen-bond donors (Lipinski definition) is 1. The molecule has 0 unspecified atom stereocenters. The third-order valence-electron chi connectivity index (χ3n) is 3.20. The minimum atomic E-state index is 0.0741. The number of nitrogens with two attached hydrogens (primary N) is 1. The molecule has 114 valence electrons. The molecule has 0 bridgehead atoms. The highest BCUT2D eigenvalue weighted by molar-refractivity contribution is 9.10. The Morgan fingerprint density at radius 2 is 2.05 bits per heavy atom. The Bertz CT molecular complexity index is 632. The minimum Gasteiger partial charge on any atom is -0.486 e. The fourth-order valence-corrected chi connectivity index (χ4v) is 3.56. The quantitative estimate of drug-likeness (QED) is 0.860. The van der Waals surface area contributed by atoms with Crippen molar-refractivity contribution in [1.82, 2.24) is 4.98 Å². The van der Waals surface area contributed by atoms with E-state index in [0.717, 1.165) is 32.1 Å². The Morgan fingerprint density at radius 1 is 1.33 bits per heavy atom. The summed E-state index contributed by atoms with van der Waals surface area (Å²) in [7, 11) is 0. The second kappa shape index (κ2) is 6.46. The van der Waals surface area contributed by atoms with Crippen LogP contribution in [0.3, 0.4) is 0 Å². The molecule has 0 fully saturated rings. The smallest absolute Gasteiger partial charge is 0.140 e. The minimum absolute atomic E-state index is 0.0741. The van der Waals surface area contributed by atoms with Gasteiger partial charge < -0.3 is 10.5 Å². The van der Waals surface area contributed by atoms with E-state index in [1.54, 1.807) is 11.3 Å². The van der Waals surface area contributed by atoms with Gasteiger partial charge in [-0.05, 0) is 24.6 Å². The maximum absolute atomic E-state index is 5.97. The van der Waals surface area contributed by atoms with Crippen LogP contribution < -0.4 is 10.5 Å². The van der Waals surface area contributed by atoms with E-state index in [1.807, 2.05) is 19.1 Å². The molecular formula is C16H21BrN2OS. The van der Waals surface area contributed by atoms with Gasteiger partial charge in [0.1, 0.15) is 17.4 Å². The number of rotatable bonds is 4. The maximum Gasteiger partial charge on any atom is 0.140 e. The van der Waals surface area contributed by atoms with Crippen molar-refractivity contribution in [1.29, 1.82) is 0 Å². The SMILES string of the molecule is Cc1cc(Br)cc(CN)c1OCc1nc(C(C)(C)C)cs1. The second-order valence-electron chi connectivity index (χ2n) is 6.08. The number of benzene rings is 1. The van der Waals surface area contributed by atoms with Crippen LogP contribution in [-0.4, -0.2) is 4.98 Å². The molecule has 3 nitrogen and oxygen atoms in total. The van der Waals surface area contributed by atoms with Crippen molar-refractivity contribution in [2.45, 2.75) is 46.3 Å². The van der Waals surface area contributed by atoms with Gasteiger partial charge in [-0.15, -0.1) is 11.3 Å². The first kappa shape index (κ1) is 16.5. The van der Waals surface area contributed by atoms with E-state index < -0.39 is 0 Å². The number of thiazole rings is 1. The Hall–Kier alpha value is -0.910. The molecule has 0 aliphatic heterocycles. The molecule has 2 aromatic rings. The molecule has 0 aliphatic rings. The predicted molar refractivity (Wildman–Crippen MR) is 91.9 cm³/mol. The average Bonchev–Trinajstić information content (AvgIpc) is 2.85. The van der Waals surface area contributed by atoms with Crippen LogP contribution in [0.2, 0.25) is 0 Å². The van der Waals surface area contributed by atoms with E-state index in [9.17, 15) is 0 Å². The van der Waals surface area contributed by atoms with Gasteiger partial charge in [-0.25, -0.2) is 4.98 Å². The number of halogens is 1. The monoisotopic (exact) mass is 368 g/mol. The number of ether oxygens (including phenoxy) is 1. The third-order valence-corrected chi connectivity index (χ3v) is 4.48. The zero-order valence-corrected chi connectivity index (χ0v) is 15.3. The van der Waals surface area contributed by atoms with Crippen LogP contribution in [0.1, 0.15) is 42.6 Å². The van der Waals surface area contributed by atoms with Crippen molar-refractivity contribution in [3.8, 4) is 5.75 Å².